The topological polar surface area (TPSA) is 59.2 Å². The van der Waals surface area contributed by atoms with Crippen molar-refractivity contribution < 1.29 is 30.6 Å². The molecule has 42 heavy (non-hydrogen) atoms. The Morgan fingerprint density at radius 3 is 2.17 bits per heavy atom. The van der Waals surface area contributed by atoms with Gasteiger partial charge in [-0.2, -0.15) is 0 Å². The fraction of sp³-hybridized carbons (Fsp3) is 0.189. The number of hydrogen-bond acceptors (Lipinski definition) is 4. The zero-order chi connectivity index (χ0) is 28.8. The van der Waals surface area contributed by atoms with Crippen LogP contribution in [0.3, 0.4) is 0 Å². The van der Waals surface area contributed by atoms with Crippen LogP contribution >= 0.6 is 0 Å². The van der Waals surface area contributed by atoms with Gasteiger partial charge < -0.3 is 9.52 Å². The van der Waals surface area contributed by atoms with Gasteiger partial charge in [-0.05, 0) is 34.7 Å². The van der Waals surface area contributed by atoms with Crippen molar-refractivity contribution in [3.8, 4) is 39.6 Å². The molecule has 0 aliphatic heterocycles. The van der Waals surface area contributed by atoms with Gasteiger partial charge in [0.15, 0.2) is 5.58 Å². The molecule has 6 aromatic rings. The molecule has 6 rings (SSSR count). The van der Waals surface area contributed by atoms with E-state index in [9.17, 15) is 5.11 Å². The maximum absolute atomic E-state index is 10.9. The summed E-state index contributed by atoms with van der Waals surface area (Å²) in [5.74, 6) is 0.528. The van der Waals surface area contributed by atoms with Crippen LogP contribution in [0.2, 0.25) is 0 Å². The van der Waals surface area contributed by atoms with Crippen LogP contribution in [0.25, 0.3) is 44.9 Å². The molecule has 0 atom stereocenters. The zero-order valence-corrected chi connectivity index (χ0v) is 26.7. The first-order valence-electron chi connectivity index (χ1n) is 13.9. The molecule has 0 saturated heterocycles. The minimum Gasteiger partial charge on any atom is -0.507 e. The van der Waals surface area contributed by atoms with Crippen molar-refractivity contribution in [1.82, 2.24) is 9.97 Å². The van der Waals surface area contributed by atoms with E-state index in [1.165, 1.54) is 5.56 Å². The molecule has 0 unspecified atom stereocenters. The third-order valence-corrected chi connectivity index (χ3v) is 7.83. The van der Waals surface area contributed by atoms with Gasteiger partial charge in [-0.25, -0.2) is 4.98 Å². The van der Waals surface area contributed by atoms with E-state index in [1.807, 2.05) is 54.6 Å². The first kappa shape index (κ1) is 29.5. The molecule has 0 saturated carbocycles. The third kappa shape index (κ3) is 5.44. The van der Waals surface area contributed by atoms with Crippen LogP contribution in [0.15, 0.2) is 108 Å². The van der Waals surface area contributed by atoms with E-state index in [0.29, 0.717) is 17.0 Å². The second kappa shape index (κ2) is 11.3. The van der Waals surface area contributed by atoms with E-state index < -0.39 is 0 Å². The van der Waals surface area contributed by atoms with Crippen molar-refractivity contribution in [2.45, 2.75) is 45.4 Å². The monoisotopic (exact) mass is 732 g/mol. The van der Waals surface area contributed by atoms with Gasteiger partial charge in [-0.3, -0.25) is 4.98 Å². The molecule has 0 radical (unpaired) electrons. The predicted octanol–water partition coefficient (Wildman–Crippen LogP) is 9.35. The summed E-state index contributed by atoms with van der Waals surface area (Å²) in [7, 11) is 0. The van der Waals surface area contributed by atoms with Crippen LogP contribution in [0.4, 0.5) is 0 Å². The van der Waals surface area contributed by atoms with Crippen LogP contribution in [0.5, 0.6) is 5.75 Å². The first-order chi connectivity index (χ1) is 19.6. The molecule has 214 valence electrons. The molecule has 0 aliphatic rings. The van der Waals surface area contributed by atoms with E-state index >= 15 is 0 Å². The molecule has 4 nitrogen and oxygen atoms in total. The summed E-state index contributed by atoms with van der Waals surface area (Å²) in [4.78, 5) is 9.57. The van der Waals surface area contributed by atoms with E-state index in [2.05, 4.69) is 82.1 Å². The molecular formula is C37H33N2O2Pt-. The molecule has 0 fully saturated rings. The molecule has 0 amide bonds. The number of oxazole rings is 1. The number of aromatic hydroxyl groups is 1. The second-order valence-electron chi connectivity index (χ2n) is 12.0. The van der Waals surface area contributed by atoms with E-state index in [4.69, 9.17) is 9.40 Å². The number of fused-ring (bicyclic) bond motifs is 1. The largest absolute Gasteiger partial charge is 0.507 e. The van der Waals surface area contributed by atoms with E-state index in [1.54, 1.807) is 12.3 Å². The van der Waals surface area contributed by atoms with E-state index in [0.717, 1.165) is 39.0 Å². The van der Waals surface area contributed by atoms with Crippen LogP contribution < -0.4 is 0 Å². The van der Waals surface area contributed by atoms with Gasteiger partial charge >= 0.3 is 0 Å². The van der Waals surface area contributed by atoms with Crippen LogP contribution in [-0.2, 0) is 31.9 Å². The number of benzene rings is 4. The average molecular weight is 733 g/mol. The molecule has 5 heteroatoms. The fourth-order valence-corrected chi connectivity index (χ4v) is 5.31. The summed E-state index contributed by atoms with van der Waals surface area (Å²) in [5, 5.41) is 10.9. The van der Waals surface area contributed by atoms with Crippen molar-refractivity contribution in [2.75, 3.05) is 0 Å². The summed E-state index contributed by atoms with van der Waals surface area (Å²) in [5.41, 5.74) is 8.41. The van der Waals surface area contributed by atoms with Crippen LogP contribution in [0.1, 0.15) is 51.3 Å². The van der Waals surface area contributed by atoms with Gasteiger partial charge in [-0.15, -0.1) is 29.8 Å². The zero-order valence-electron chi connectivity index (χ0n) is 24.4. The number of hydrogen-bond donors (Lipinski definition) is 1. The maximum Gasteiger partial charge on any atom is 0.230 e. The van der Waals surface area contributed by atoms with Gasteiger partial charge in [-0.1, -0.05) is 106 Å². The quantitative estimate of drug-likeness (QED) is 0.180. The fourth-order valence-electron chi connectivity index (χ4n) is 5.31. The smallest absolute Gasteiger partial charge is 0.230 e. The molecule has 4 aromatic carbocycles. The number of rotatable bonds is 5. The maximum atomic E-state index is 10.9. The Balaban J connectivity index is 0.00000353. The van der Waals surface area contributed by atoms with Crippen molar-refractivity contribution in [3.05, 3.63) is 126 Å². The standard InChI is InChI=1S/C37H33N2O2.Pt/c1-36(2,3)27-17-20-32(40)29(23-27)35-39-33-28(24-12-11-13-25(22-24)31-16-9-10-21-38-31)18-19-30(34(33)41-35)37(4,5)26-14-7-6-8-15-26;/h6-21,23,40H,1-5H3;/q-1;. The summed E-state index contributed by atoms with van der Waals surface area (Å²) < 4.78 is 6.62. The van der Waals surface area contributed by atoms with Gasteiger partial charge in [0.05, 0.1) is 11.1 Å². The van der Waals surface area contributed by atoms with Crippen molar-refractivity contribution in [1.29, 1.82) is 0 Å². The number of phenolic OH excluding ortho intramolecular Hbond substituents is 1. The minimum absolute atomic E-state index is 0. The first-order valence-corrected chi connectivity index (χ1v) is 13.9. The Bertz CT molecular complexity index is 1850. The number of pyridine rings is 1. The van der Waals surface area contributed by atoms with Crippen molar-refractivity contribution >= 4 is 11.1 Å². The van der Waals surface area contributed by atoms with Crippen LogP contribution in [0, 0.1) is 6.07 Å². The van der Waals surface area contributed by atoms with Gasteiger partial charge in [0.25, 0.3) is 0 Å². The second-order valence-corrected chi connectivity index (χ2v) is 12.0. The Kier molecular flexibility index (Phi) is 7.96. The summed E-state index contributed by atoms with van der Waals surface area (Å²) in [6, 6.07) is 35.8. The van der Waals surface area contributed by atoms with Crippen molar-refractivity contribution in [3.63, 3.8) is 0 Å². The number of nitrogens with zero attached hydrogens (tertiary/aromatic N) is 2. The summed E-state index contributed by atoms with van der Waals surface area (Å²) >= 11 is 0. The van der Waals surface area contributed by atoms with Gasteiger partial charge in [0.2, 0.25) is 5.89 Å². The SMILES string of the molecule is CC(C)(C)c1ccc(O)c(-c2nc3c(-c4[c-]c(-c5ccccn5)ccc4)ccc(C(C)(C)c4ccccc4)c3o2)c1.[Pt]. The van der Waals surface area contributed by atoms with Crippen molar-refractivity contribution in [2.24, 2.45) is 0 Å². The average Bonchev–Trinajstić information content (AvgIpc) is 3.42. The van der Waals surface area contributed by atoms with Gasteiger partial charge in [0.1, 0.15) is 5.75 Å². The molecule has 2 heterocycles. The Hall–Kier alpha value is -4.01. The Labute approximate surface area is 261 Å². The summed E-state index contributed by atoms with van der Waals surface area (Å²) in [6.07, 6.45) is 1.79. The molecule has 0 aliphatic carbocycles. The molecule has 0 spiro atoms. The number of phenols is 1. The molecule has 1 N–H and O–H groups in total. The number of aromatic nitrogens is 2. The Morgan fingerprint density at radius 1 is 0.714 bits per heavy atom. The third-order valence-electron chi connectivity index (χ3n) is 7.83. The molecular weight excluding hydrogens is 699 g/mol. The molecule has 0 bridgehead atoms. The van der Waals surface area contributed by atoms with Gasteiger partial charge in [0, 0.05) is 43.9 Å². The normalized spacial score (nSPS) is 11.8. The Morgan fingerprint density at radius 2 is 1.45 bits per heavy atom. The minimum atomic E-state index is -0.357. The molecule has 2 aromatic heterocycles. The van der Waals surface area contributed by atoms with Crippen LogP contribution in [-0.4, -0.2) is 15.1 Å². The van der Waals surface area contributed by atoms with E-state index in [-0.39, 0.29) is 37.6 Å². The predicted molar refractivity (Wildman–Crippen MR) is 166 cm³/mol. The summed E-state index contributed by atoms with van der Waals surface area (Å²) in [6.45, 7) is 10.9.